The number of rotatable bonds is 5. The summed E-state index contributed by atoms with van der Waals surface area (Å²) in [4.78, 5) is 39.6. The molecule has 8 heteroatoms. The van der Waals surface area contributed by atoms with Crippen LogP contribution in [-0.2, 0) is 20.7 Å². The van der Waals surface area contributed by atoms with Gasteiger partial charge in [0, 0.05) is 16.6 Å². The summed E-state index contributed by atoms with van der Waals surface area (Å²) in [6, 6.07) is 8.43. The van der Waals surface area contributed by atoms with Gasteiger partial charge in [-0.1, -0.05) is 0 Å². The van der Waals surface area contributed by atoms with Gasteiger partial charge in [-0.25, -0.2) is 14.0 Å². The quantitative estimate of drug-likeness (QED) is 0.642. The fourth-order valence-corrected chi connectivity index (χ4v) is 3.12. The molecule has 0 atom stereocenters. The van der Waals surface area contributed by atoms with Crippen LogP contribution in [0, 0.1) is 12.7 Å². The third-order valence-corrected chi connectivity index (χ3v) is 4.54. The van der Waals surface area contributed by atoms with E-state index in [0.717, 1.165) is 11.2 Å². The van der Waals surface area contributed by atoms with Crippen LogP contribution < -0.4 is 5.32 Å². The fourth-order valence-electron chi connectivity index (χ4n) is 3.12. The SMILES string of the molecule is COC(=O)c1ccc(C(=O)OC)c(NC(=O)Cc2c(C)[nH]c3ccc(F)cc23)c1. The van der Waals surface area contributed by atoms with Crippen LogP contribution in [-0.4, -0.2) is 37.0 Å². The minimum absolute atomic E-state index is 0.0572. The molecule has 0 aliphatic heterocycles. The number of esters is 2. The Morgan fingerprint density at radius 2 is 1.76 bits per heavy atom. The first-order valence-electron chi connectivity index (χ1n) is 8.71. The largest absolute Gasteiger partial charge is 0.465 e. The molecule has 0 saturated heterocycles. The third kappa shape index (κ3) is 4.11. The summed E-state index contributed by atoms with van der Waals surface area (Å²) >= 11 is 0. The maximum atomic E-state index is 13.6. The normalized spacial score (nSPS) is 10.6. The number of aromatic nitrogens is 1. The zero-order chi connectivity index (χ0) is 21.1. The summed E-state index contributed by atoms with van der Waals surface area (Å²) in [6.45, 7) is 1.79. The second kappa shape index (κ2) is 8.14. The summed E-state index contributed by atoms with van der Waals surface area (Å²) in [7, 11) is 2.44. The van der Waals surface area contributed by atoms with Crippen LogP contribution in [0.15, 0.2) is 36.4 Å². The minimum Gasteiger partial charge on any atom is -0.465 e. The number of aromatic amines is 1. The molecule has 1 heterocycles. The van der Waals surface area contributed by atoms with E-state index in [9.17, 15) is 18.8 Å². The number of nitrogens with one attached hydrogen (secondary N) is 2. The number of halogens is 1. The number of benzene rings is 2. The van der Waals surface area contributed by atoms with E-state index >= 15 is 0 Å². The van der Waals surface area contributed by atoms with E-state index in [1.807, 2.05) is 0 Å². The van der Waals surface area contributed by atoms with Crippen LogP contribution in [0.1, 0.15) is 32.0 Å². The Morgan fingerprint density at radius 1 is 1.03 bits per heavy atom. The van der Waals surface area contributed by atoms with Crippen molar-refractivity contribution in [1.82, 2.24) is 4.98 Å². The maximum Gasteiger partial charge on any atom is 0.339 e. The lowest BCUT2D eigenvalue weighted by Gasteiger charge is -2.11. The van der Waals surface area contributed by atoms with Crippen LogP contribution in [0.4, 0.5) is 10.1 Å². The summed E-state index contributed by atoms with van der Waals surface area (Å²) in [5.41, 5.74) is 2.47. The standard InChI is InChI=1S/C21H19FN2O5/c1-11-15(16-9-13(22)5-7-17(16)23-11)10-19(25)24-18-8-12(20(26)28-2)4-6-14(18)21(27)29-3/h4-9,23H,10H2,1-3H3,(H,24,25). The number of aryl methyl sites for hydroxylation is 1. The highest BCUT2D eigenvalue weighted by Gasteiger charge is 2.19. The first-order chi connectivity index (χ1) is 13.8. The van der Waals surface area contributed by atoms with E-state index in [0.29, 0.717) is 10.9 Å². The molecule has 1 aromatic heterocycles. The lowest BCUT2D eigenvalue weighted by Crippen LogP contribution is -2.18. The van der Waals surface area contributed by atoms with Crippen molar-refractivity contribution in [1.29, 1.82) is 0 Å². The van der Waals surface area contributed by atoms with E-state index in [-0.39, 0.29) is 23.2 Å². The summed E-state index contributed by atoms with van der Waals surface area (Å²) < 4.78 is 23.0. The Balaban J connectivity index is 1.92. The van der Waals surface area contributed by atoms with Gasteiger partial charge in [-0.3, -0.25) is 4.79 Å². The third-order valence-electron chi connectivity index (χ3n) is 4.54. The van der Waals surface area contributed by atoms with Gasteiger partial charge < -0.3 is 19.8 Å². The van der Waals surface area contributed by atoms with Crippen LogP contribution in [0.3, 0.4) is 0 Å². The maximum absolute atomic E-state index is 13.6. The number of amides is 1. The van der Waals surface area contributed by atoms with Crippen LogP contribution in [0.5, 0.6) is 0 Å². The first kappa shape index (κ1) is 20.1. The van der Waals surface area contributed by atoms with Gasteiger partial charge in [-0.15, -0.1) is 0 Å². The van der Waals surface area contributed by atoms with Gasteiger partial charge in [-0.05, 0) is 48.9 Å². The van der Waals surface area contributed by atoms with Crippen LogP contribution in [0.2, 0.25) is 0 Å². The van der Waals surface area contributed by atoms with Crippen molar-refractivity contribution < 1.29 is 28.2 Å². The van der Waals surface area contributed by atoms with E-state index in [1.165, 1.54) is 44.6 Å². The highest BCUT2D eigenvalue weighted by atomic mass is 19.1. The Hall–Kier alpha value is -3.68. The molecular formula is C21H19FN2O5. The lowest BCUT2D eigenvalue weighted by molar-refractivity contribution is -0.115. The van der Waals surface area contributed by atoms with Crippen molar-refractivity contribution in [2.45, 2.75) is 13.3 Å². The van der Waals surface area contributed by atoms with E-state index in [4.69, 9.17) is 4.74 Å². The molecule has 0 spiro atoms. The molecule has 0 aliphatic rings. The van der Waals surface area contributed by atoms with Gasteiger partial charge in [-0.2, -0.15) is 0 Å². The van der Waals surface area contributed by atoms with Crippen LogP contribution in [0.25, 0.3) is 10.9 Å². The van der Waals surface area contributed by atoms with Gasteiger partial charge in [0.15, 0.2) is 0 Å². The molecule has 0 aliphatic carbocycles. The molecule has 150 valence electrons. The second-order valence-electron chi connectivity index (χ2n) is 6.39. The summed E-state index contributed by atoms with van der Waals surface area (Å²) in [6.07, 6.45) is -0.0572. The average Bonchev–Trinajstić information content (AvgIpc) is 3.01. The number of ether oxygens (including phenoxy) is 2. The van der Waals surface area contributed by atoms with Gasteiger partial charge >= 0.3 is 11.9 Å². The number of anilines is 1. The molecule has 2 N–H and O–H groups in total. The van der Waals surface area contributed by atoms with Crippen LogP contribution >= 0.6 is 0 Å². The van der Waals surface area contributed by atoms with E-state index in [2.05, 4.69) is 15.0 Å². The zero-order valence-electron chi connectivity index (χ0n) is 16.1. The Morgan fingerprint density at radius 3 is 2.45 bits per heavy atom. The predicted molar refractivity (Wildman–Crippen MR) is 104 cm³/mol. The molecule has 0 bridgehead atoms. The molecule has 0 fully saturated rings. The molecule has 7 nitrogen and oxygen atoms in total. The Labute approximate surface area is 165 Å². The van der Waals surface area contributed by atoms with Crippen molar-refractivity contribution in [2.24, 2.45) is 0 Å². The Bertz CT molecular complexity index is 1120. The van der Waals surface area contributed by atoms with Crippen molar-refractivity contribution >= 4 is 34.4 Å². The van der Waals surface area contributed by atoms with E-state index < -0.39 is 23.7 Å². The van der Waals surface area contributed by atoms with Gasteiger partial charge in [0.25, 0.3) is 0 Å². The van der Waals surface area contributed by atoms with Crippen molar-refractivity contribution in [3.8, 4) is 0 Å². The van der Waals surface area contributed by atoms with Crippen molar-refractivity contribution in [3.05, 3.63) is 64.6 Å². The molecule has 3 aromatic rings. The molecule has 29 heavy (non-hydrogen) atoms. The molecule has 0 radical (unpaired) electrons. The highest BCUT2D eigenvalue weighted by molar-refractivity contribution is 6.04. The van der Waals surface area contributed by atoms with Gasteiger partial charge in [0.1, 0.15) is 5.82 Å². The second-order valence-corrected chi connectivity index (χ2v) is 6.39. The van der Waals surface area contributed by atoms with Crippen molar-refractivity contribution in [2.75, 3.05) is 19.5 Å². The molecule has 0 unspecified atom stereocenters. The lowest BCUT2D eigenvalue weighted by atomic mass is 10.1. The summed E-state index contributed by atoms with van der Waals surface area (Å²) in [5, 5.41) is 3.24. The van der Waals surface area contributed by atoms with Gasteiger partial charge in [0.2, 0.25) is 5.91 Å². The smallest absolute Gasteiger partial charge is 0.339 e. The summed E-state index contributed by atoms with van der Waals surface area (Å²) in [5.74, 6) is -2.12. The minimum atomic E-state index is -0.665. The number of methoxy groups -OCH3 is 2. The predicted octanol–water partition coefficient (Wildman–Crippen LogP) is 3.37. The highest BCUT2D eigenvalue weighted by Crippen LogP contribution is 2.25. The number of H-pyrrole nitrogens is 1. The molecule has 1 amide bonds. The zero-order valence-corrected chi connectivity index (χ0v) is 16.1. The Kier molecular flexibility index (Phi) is 5.63. The first-order valence-corrected chi connectivity index (χ1v) is 8.71. The topological polar surface area (TPSA) is 97.5 Å². The van der Waals surface area contributed by atoms with Crippen molar-refractivity contribution in [3.63, 3.8) is 0 Å². The number of carbonyl (C=O) groups excluding carboxylic acids is 3. The molecular weight excluding hydrogens is 379 g/mol. The number of fused-ring (bicyclic) bond motifs is 1. The molecule has 2 aromatic carbocycles. The monoisotopic (exact) mass is 398 g/mol. The number of hydrogen-bond acceptors (Lipinski definition) is 5. The average molecular weight is 398 g/mol. The van der Waals surface area contributed by atoms with E-state index in [1.54, 1.807) is 13.0 Å². The number of hydrogen-bond donors (Lipinski definition) is 2. The number of carbonyl (C=O) groups is 3. The molecule has 3 rings (SSSR count). The fraction of sp³-hybridized carbons (Fsp3) is 0.190. The van der Waals surface area contributed by atoms with Gasteiger partial charge in [0.05, 0.1) is 37.5 Å². The molecule has 0 saturated carbocycles.